The summed E-state index contributed by atoms with van der Waals surface area (Å²) in [5.74, 6) is 0. The quantitative estimate of drug-likeness (QED) is 0.575. The van der Waals surface area contributed by atoms with Crippen molar-refractivity contribution >= 4 is 6.29 Å². The van der Waals surface area contributed by atoms with E-state index in [1.807, 2.05) is 19.1 Å². The zero-order valence-corrected chi connectivity index (χ0v) is 7.21. The molecule has 0 N–H and O–H groups in total. The lowest BCUT2D eigenvalue weighted by Gasteiger charge is -2.16. The first kappa shape index (κ1) is 7.53. The van der Waals surface area contributed by atoms with E-state index in [4.69, 9.17) is 0 Å². The van der Waals surface area contributed by atoms with Crippen LogP contribution in [0.15, 0.2) is 24.3 Å². The van der Waals surface area contributed by atoms with Crippen molar-refractivity contribution in [3.8, 4) is 0 Å². The van der Waals surface area contributed by atoms with Crippen LogP contribution in [0.5, 0.6) is 0 Å². The molecule has 1 aliphatic rings. The number of carbonyl (C=O) groups is 1. The van der Waals surface area contributed by atoms with E-state index in [0.29, 0.717) is 0 Å². The molecule has 0 heterocycles. The largest absolute Gasteiger partial charge is 0.302 e. The van der Waals surface area contributed by atoms with E-state index < -0.39 is 0 Å². The first-order valence-corrected chi connectivity index (χ1v) is 4.31. The van der Waals surface area contributed by atoms with Crippen molar-refractivity contribution in [3.63, 3.8) is 0 Å². The van der Waals surface area contributed by atoms with Gasteiger partial charge in [-0.2, -0.15) is 0 Å². The number of hydrogen-bond donors (Lipinski definition) is 0. The summed E-state index contributed by atoms with van der Waals surface area (Å²) >= 11 is 0. The van der Waals surface area contributed by atoms with Crippen LogP contribution in [0.25, 0.3) is 0 Å². The van der Waals surface area contributed by atoms with E-state index in [9.17, 15) is 4.79 Å². The van der Waals surface area contributed by atoms with Crippen molar-refractivity contribution in [3.05, 3.63) is 35.4 Å². The highest BCUT2D eigenvalue weighted by Gasteiger charge is 2.33. The van der Waals surface area contributed by atoms with Gasteiger partial charge >= 0.3 is 0 Å². The highest BCUT2D eigenvalue weighted by Crippen LogP contribution is 2.36. The SMILES string of the molecule is CC1(C=O)CCc2ccccc21. The fraction of sp³-hybridized carbons (Fsp3) is 0.364. The standard InChI is InChI=1S/C11H12O/c1-11(8-12)7-6-9-4-2-3-5-10(9)11/h2-5,8H,6-7H2,1H3. The van der Waals surface area contributed by atoms with E-state index in [1.54, 1.807) is 0 Å². The van der Waals surface area contributed by atoms with Crippen LogP contribution in [0.3, 0.4) is 0 Å². The Labute approximate surface area is 72.4 Å². The third-order valence-electron chi connectivity index (χ3n) is 2.81. The van der Waals surface area contributed by atoms with Gasteiger partial charge in [0.05, 0.1) is 0 Å². The first-order chi connectivity index (χ1) is 5.76. The van der Waals surface area contributed by atoms with Gasteiger partial charge in [0.2, 0.25) is 0 Å². The molecule has 0 amide bonds. The summed E-state index contributed by atoms with van der Waals surface area (Å²) in [4.78, 5) is 10.9. The lowest BCUT2D eigenvalue weighted by atomic mass is 9.86. The maximum absolute atomic E-state index is 10.9. The monoisotopic (exact) mass is 160 g/mol. The average Bonchev–Trinajstić information content (AvgIpc) is 2.46. The molecule has 1 unspecified atom stereocenters. The van der Waals surface area contributed by atoms with Crippen LogP contribution in [0.4, 0.5) is 0 Å². The predicted molar refractivity (Wildman–Crippen MR) is 48.2 cm³/mol. The van der Waals surface area contributed by atoms with Gasteiger partial charge in [-0.1, -0.05) is 24.3 Å². The minimum absolute atomic E-state index is 0.212. The highest BCUT2D eigenvalue weighted by atomic mass is 16.1. The molecule has 0 saturated heterocycles. The Morgan fingerprint density at radius 1 is 1.42 bits per heavy atom. The van der Waals surface area contributed by atoms with E-state index in [1.165, 1.54) is 11.1 Å². The first-order valence-electron chi connectivity index (χ1n) is 4.31. The topological polar surface area (TPSA) is 17.1 Å². The van der Waals surface area contributed by atoms with E-state index >= 15 is 0 Å². The molecule has 1 aromatic carbocycles. The number of benzene rings is 1. The van der Waals surface area contributed by atoms with Gasteiger partial charge in [-0.3, -0.25) is 0 Å². The van der Waals surface area contributed by atoms with Crippen molar-refractivity contribution < 1.29 is 4.79 Å². The van der Waals surface area contributed by atoms with Crippen LogP contribution < -0.4 is 0 Å². The molecule has 1 nitrogen and oxygen atoms in total. The van der Waals surface area contributed by atoms with Gasteiger partial charge in [0.1, 0.15) is 6.29 Å². The molecule has 1 atom stereocenters. The highest BCUT2D eigenvalue weighted by molar-refractivity contribution is 5.70. The normalized spacial score (nSPS) is 26.8. The molecule has 0 fully saturated rings. The molecule has 0 aromatic heterocycles. The van der Waals surface area contributed by atoms with Crippen LogP contribution in [-0.4, -0.2) is 6.29 Å². The molecule has 0 bridgehead atoms. The lowest BCUT2D eigenvalue weighted by molar-refractivity contribution is -0.112. The second-order valence-electron chi connectivity index (χ2n) is 3.69. The number of aldehydes is 1. The number of fused-ring (bicyclic) bond motifs is 1. The zero-order chi connectivity index (χ0) is 8.60. The summed E-state index contributed by atoms with van der Waals surface area (Å²) in [6.07, 6.45) is 3.10. The summed E-state index contributed by atoms with van der Waals surface area (Å²) < 4.78 is 0. The maximum Gasteiger partial charge on any atom is 0.130 e. The Kier molecular flexibility index (Phi) is 1.53. The molecule has 2 rings (SSSR count). The maximum atomic E-state index is 10.9. The molecular weight excluding hydrogens is 148 g/mol. The fourth-order valence-corrected chi connectivity index (χ4v) is 1.95. The second kappa shape index (κ2) is 2.44. The fourth-order valence-electron chi connectivity index (χ4n) is 1.95. The summed E-state index contributed by atoms with van der Waals surface area (Å²) in [6.45, 7) is 2.02. The number of rotatable bonds is 1. The minimum Gasteiger partial charge on any atom is -0.302 e. The molecule has 0 radical (unpaired) electrons. The van der Waals surface area contributed by atoms with Crippen LogP contribution in [0.1, 0.15) is 24.5 Å². The van der Waals surface area contributed by atoms with Gasteiger partial charge in [0.25, 0.3) is 0 Å². The molecule has 0 spiro atoms. The van der Waals surface area contributed by atoms with Crippen LogP contribution >= 0.6 is 0 Å². The van der Waals surface area contributed by atoms with Gasteiger partial charge in [-0.05, 0) is 30.9 Å². The average molecular weight is 160 g/mol. The van der Waals surface area contributed by atoms with E-state index in [2.05, 4.69) is 12.1 Å². The Hall–Kier alpha value is -1.11. The smallest absolute Gasteiger partial charge is 0.130 e. The molecule has 0 saturated carbocycles. The molecule has 1 heteroatoms. The van der Waals surface area contributed by atoms with Gasteiger partial charge in [0, 0.05) is 5.41 Å². The molecule has 0 aliphatic heterocycles. The molecular formula is C11H12O. The molecule has 62 valence electrons. The summed E-state index contributed by atoms with van der Waals surface area (Å²) in [5.41, 5.74) is 2.35. The van der Waals surface area contributed by atoms with Crippen molar-refractivity contribution in [2.24, 2.45) is 0 Å². The van der Waals surface area contributed by atoms with Gasteiger partial charge < -0.3 is 4.79 Å². The zero-order valence-electron chi connectivity index (χ0n) is 7.21. The Bertz CT molecular complexity index is 317. The third-order valence-corrected chi connectivity index (χ3v) is 2.81. The lowest BCUT2D eigenvalue weighted by Crippen LogP contribution is -2.19. The summed E-state index contributed by atoms with van der Waals surface area (Å²) in [6, 6.07) is 8.22. The number of carbonyl (C=O) groups excluding carboxylic acids is 1. The van der Waals surface area contributed by atoms with Crippen molar-refractivity contribution in [1.29, 1.82) is 0 Å². The van der Waals surface area contributed by atoms with Crippen LogP contribution in [-0.2, 0) is 16.6 Å². The minimum atomic E-state index is -0.212. The van der Waals surface area contributed by atoms with E-state index in [-0.39, 0.29) is 5.41 Å². The van der Waals surface area contributed by atoms with Crippen molar-refractivity contribution in [1.82, 2.24) is 0 Å². The number of aryl methyl sites for hydroxylation is 1. The summed E-state index contributed by atoms with van der Waals surface area (Å²) in [5, 5.41) is 0. The Balaban J connectivity index is 2.56. The summed E-state index contributed by atoms with van der Waals surface area (Å²) in [7, 11) is 0. The van der Waals surface area contributed by atoms with Crippen molar-refractivity contribution in [2.75, 3.05) is 0 Å². The molecule has 12 heavy (non-hydrogen) atoms. The number of hydrogen-bond acceptors (Lipinski definition) is 1. The van der Waals surface area contributed by atoms with Crippen LogP contribution in [0.2, 0.25) is 0 Å². The van der Waals surface area contributed by atoms with Crippen LogP contribution in [0, 0.1) is 0 Å². The predicted octanol–water partition coefficient (Wildman–Crippen LogP) is 2.09. The second-order valence-corrected chi connectivity index (χ2v) is 3.69. The van der Waals surface area contributed by atoms with E-state index in [0.717, 1.165) is 19.1 Å². The Morgan fingerprint density at radius 2 is 2.17 bits per heavy atom. The van der Waals surface area contributed by atoms with Crippen molar-refractivity contribution in [2.45, 2.75) is 25.2 Å². The van der Waals surface area contributed by atoms with Gasteiger partial charge in [0.15, 0.2) is 0 Å². The van der Waals surface area contributed by atoms with Gasteiger partial charge in [-0.15, -0.1) is 0 Å². The molecule has 1 aromatic rings. The van der Waals surface area contributed by atoms with Gasteiger partial charge in [-0.25, -0.2) is 0 Å². The Morgan fingerprint density at radius 3 is 2.92 bits per heavy atom. The third kappa shape index (κ3) is 0.893. The molecule has 1 aliphatic carbocycles.